The molecule has 0 unspecified atom stereocenters. The number of rotatable bonds is 0. The minimum Gasteiger partial charge on any atom is -0.289 e. The highest BCUT2D eigenvalue weighted by molar-refractivity contribution is 6.31. The summed E-state index contributed by atoms with van der Waals surface area (Å²) in [6.07, 6.45) is 0.554. The van der Waals surface area contributed by atoms with E-state index in [2.05, 4.69) is 11.8 Å². The molecule has 1 rings (SSSR count). The van der Waals surface area contributed by atoms with Gasteiger partial charge < -0.3 is 0 Å². The van der Waals surface area contributed by atoms with Gasteiger partial charge >= 0.3 is 0 Å². The first-order valence-corrected chi connectivity index (χ1v) is 3.83. The van der Waals surface area contributed by atoms with Crippen molar-refractivity contribution in [2.24, 2.45) is 0 Å². The molecule has 1 aromatic carbocycles. The molecule has 1 aromatic rings. The standard InChI is InChI=1S/C10H7ClO/c1-8-4-5-10(11)9(7-8)3-2-6-12/h4-7H,1H3. The van der Waals surface area contributed by atoms with E-state index >= 15 is 0 Å². The summed E-state index contributed by atoms with van der Waals surface area (Å²) in [5.74, 6) is 4.97. The molecule has 0 saturated carbocycles. The molecule has 0 radical (unpaired) electrons. The normalized spacial score (nSPS) is 8.50. The Labute approximate surface area is 76.4 Å². The third-order valence-corrected chi connectivity index (χ3v) is 1.72. The lowest BCUT2D eigenvalue weighted by Gasteiger charge is -1.96. The van der Waals surface area contributed by atoms with E-state index in [1.165, 1.54) is 0 Å². The van der Waals surface area contributed by atoms with Crippen LogP contribution in [-0.4, -0.2) is 6.29 Å². The second-order valence-corrected chi connectivity index (χ2v) is 2.78. The lowest BCUT2D eigenvalue weighted by molar-refractivity contribution is -0.103. The quantitative estimate of drug-likeness (QED) is 0.440. The van der Waals surface area contributed by atoms with Gasteiger partial charge in [0.25, 0.3) is 0 Å². The number of carbonyl (C=O) groups excluding carboxylic acids is 1. The minimum atomic E-state index is 0.554. The van der Waals surface area contributed by atoms with Gasteiger partial charge in [0.15, 0.2) is 6.29 Å². The molecular weight excluding hydrogens is 172 g/mol. The number of carbonyl (C=O) groups is 1. The number of aldehydes is 1. The van der Waals surface area contributed by atoms with E-state index in [4.69, 9.17) is 11.6 Å². The van der Waals surface area contributed by atoms with Crippen molar-refractivity contribution in [2.75, 3.05) is 0 Å². The molecule has 60 valence electrons. The highest BCUT2D eigenvalue weighted by atomic mass is 35.5. The second kappa shape index (κ2) is 3.94. The van der Waals surface area contributed by atoms with Gasteiger partial charge in [0, 0.05) is 5.56 Å². The lowest BCUT2D eigenvalue weighted by atomic mass is 10.1. The molecule has 0 atom stereocenters. The molecule has 1 nitrogen and oxygen atoms in total. The van der Waals surface area contributed by atoms with Crippen molar-refractivity contribution < 1.29 is 4.79 Å². The summed E-state index contributed by atoms with van der Waals surface area (Å²) in [5, 5.41) is 0.579. The van der Waals surface area contributed by atoms with Gasteiger partial charge in [-0.3, -0.25) is 4.79 Å². The van der Waals surface area contributed by atoms with E-state index in [1.54, 1.807) is 6.07 Å². The second-order valence-electron chi connectivity index (χ2n) is 2.37. The maximum Gasteiger partial charge on any atom is 0.193 e. The molecule has 0 spiro atoms. The molecule has 0 bridgehead atoms. The van der Waals surface area contributed by atoms with Gasteiger partial charge in [0.1, 0.15) is 0 Å². The van der Waals surface area contributed by atoms with E-state index in [1.807, 2.05) is 19.1 Å². The van der Waals surface area contributed by atoms with Crippen LogP contribution in [-0.2, 0) is 4.79 Å². The zero-order valence-corrected chi connectivity index (χ0v) is 7.35. The van der Waals surface area contributed by atoms with Gasteiger partial charge in [-0.25, -0.2) is 0 Å². The number of hydrogen-bond donors (Lipinski definition) is 0. The summed E-state index contributed by atoms with van der Waals surface area (Å²) in [6.45, 7) is 1.95. The third kappa shape index (κ3) is 2.11. The van der Waals surface area contributed by atoms with Crippen molar-refractivity contribution >= 4 is 17.9 Å². The van der Waals surface area contributed by atoms with Crippen molar-refractivity contribution in [1.82, 2.24) is 0 Å². The van der Waals surface area contributed by atoms with Crippen molar-refractivity contribution in [2.45, 2.75) is 6.92 Å². The summed E-state index contributed by atoms with van der Waals surface area (Å²) >= 11 is 5.81. The van der Waals surface area contributed by atoms with Crippen LogP contribution in [0.25, 0.3) is 0 Å². The molecule has 0 aliphatic rings. The predicted molar refractivity (Wildman–Crippen MR) is 49.1 cm³/mol. The van der Waals surface area contributed by atoms with Crippen LogP contribution in [0.3, 0.4) is 0 Å². The first-order valence-electron chi connectivity index (χ1n) is 3.45. The van der Waals surface area contributed by atoms with Gasteiger partial charge in [0.2, 0.25) is 0 Å². The Morgan fingerprint density at radius 3 is 2.92 bits per heavy atom. The average molecular weight is 179 g/mol. The van der Waals surface area contributed by atoms with Gasteiger partial charge in [-0.05, 0) is 30.5 Å². The lowest BCUT2D eigenvalue weighted by Crippen LogP contribution is -1.79. The molecule has 0 heterocycles. The predicted octanol–water partition coefficient (Wildman–Crippen LogP) is 2.20. The Morgan fingerprint density at radius 1 is 1.50 bits per heavy atom. The fourth-order valence-corrected chi connectivity index (χ4v) is 1.01. The summed E-state index contributed by atoms with van der Waals surface area (Å²) in [4.78, 5) is 9.96. The largest absolute Gasteiger partial charge is 0.289 e. The number of hydrogen-bond acceptors (Lipinski definition) is 1. The Hall–Kier alpha value is -1.26. The van der Waals surface area contributed by atoms with Crippen molar-refractivity contribution in [3.8, 4) is 11.8 Å². The summed E-state index contributed by atoms with van der Waals surface area (Å²) in [5.41, 5.74) is 1.78. The van der Waals surface area contributed by atoms with Crippen LogP contribution < -0.4 is 0 Å². The Bertz CT molecular complexity index is 358. The topological polar surface area (TPSA) is 17.1 Å². The smallest absolute Gasteiger partial charge is 0.193 e. The highest BCUT2D eigenvalue weighted by Crippen LogP contribution is 2.15. The maximum atomic E-state index is 9.96. The first-order chi connectivity index (χ1) is 5.74. The molecule has 2 heteroatoms. The van der Waals surface area contributed by atoms with E-state index in [0.717, 1.165) is 5.56 Å². The number of aryl methyl sites for hydroxylation is 1. The Balaban J connectivity index is 3.13. The SMILES string of the molecule is Cc1ccc(Cl)c(C#CC=O)c1. The maximum absolute atomic E-state index is 9.96. The van der Waals surface area contributed by atoms with Crippen LogP contribution >= 0.6 is 11.6 Å². The molecule has 0 amide bonds. The molecule has 0 N–H and O–H groups in total. The van der Waals surface area contributed by atoms with Crippen LogP contribution in [0.4, 0.5) is 0 Å². The fraction of sp³-hybridized carbons (Fsp3) is 0.100. The molecule has 12 heavy (non-hydrogen) atoms. The van der Waals surface area contributed by atoms with Gasteiger partial charge in [0.05, 0.1) is 5.02 Å². The molecular formula is C10H7ClO. The highest BCUT2D eigenvalue weighted by Gasteiger charge is 1.95. The average Bonchev–Trinajstić information content (AvgIpc) is 2.07. The Morgan fingerprint density at radius 2 is 2.25 bits per heavy atom. The monoisotopic (exact) mass is 178 g/mol. The zero-order valence-electron chi connectivity index (χ0n) is 6.60. The van der Waals surface area contributed by atoms with Crippen molar-refractivity contribution in [3.05, 3.63) is 34.3 Å². The summed E-state index contributed by atoms with van der Waals surface area (Å²) < 4.78 is 0. The van der Waals surface area contributed by atoms with Crippen LogP contribution in [0.15, 0.2) is 18.2 Å². The van der Waals surface area contributed by atoms with Crippen LogP contribution in [0.2, 0.25) is 5.02 Å². The van der Waals surface area contributed by atoms with Crippen molar-refractivity contribution in [3.63, 3.8) is 0 Å². The van der Waals surface area contributed by atoms with E-state index < -0.39 is 0 Å². The molecule has 0 fully saturated rings. The zero-order chi connectivity index (χ0) is 8.97. The first kappa shape index (κ1) is 8.83. The van der Waals surface area contributed by atoms with Crippen molar-refractivity contribution in [1.29, 1.82) is 0 Å². The van der Waals surface area contributed by atoms with Crippen LogP contribution in [0.5, 0.6) is 0 Å². The van der Waals surface area contributed by atoms with E-state index in [0.29, 0.717) is 16.9 Å². The summed E-state index contributed by atoms with van der Waals surface area (Å²) in [6, 6.07) is 5.51. The van der Waals surface area contributed by atoms with E-state index in [-0.39, 0.29) is 0 Å². The minimum absolute atomic E-state index is 0.554. The third-order valence-electron chi connectivity index (χ3n) is 1.39. The number of benzene rings is 1. The fourth-order valence-electron chi connectivity index (χ4n) is 0.842. The molecule has 0 saturated heterocycles. The number of halogens is 1. The van der Waals surface area contributed by atoms with Crippen LogP contribution in [0.1, 0.15) is 11.1 Å². The van der Waals surface area contributed by atoms with Gasteiger partial charge in [-0.2, -0.15) is 0 Å². The molecule has 0 aliphatic carbocycles. The molecule has 0 aromatic heterocycles. The molecule has 0 aliphatic heterocycles. The van der Waals surface area contributed by atoms with Gasteiger partial charge in [-0.15, -0.1) is 0 Å². The van der Waals surface area contributed by atoms with Crippen LogP contribution in [0, 0.1) is 18.8 Å². The Kier molecular flexibility index (Phi) is 2.90. The summed E-state index contributed by atoms with van der Waals surface area (Å²) in [7, 11) is 0. The van der Waals surface area contributed by atoms with Gasteiger partial charge in [-0.1, -0.05) is 23.6 Å². The van der Waals surface area contributed by atoms with E-state index in [9.17, 15) is 4.79 Å².